The number of aliphatic hydroxyl groups excluding tert-OH is 2. The highest BCUT2D eigenvalue weighted by molar-refractivity contribution is 7.86. The molecule has 0 aliphatic heterocycles. The maximum atomic E-state index is 11.2. The minimum Gasteiger partial charge on any atom is -0.544 e. The van der Waals surface area contributed by atoms with E-state index in [2.05, 4.69) is 0 Å². The van der Waals surface area contributed by atoms with E-state index in [9.17, 15) is 18.3 Å². The molecular formula is C14H32N2O7S. The van der Waals surface area contributed by atoms with Crippen molar-refractivity contribution in [3.05, 3.63) is 0 Å². The van der Waals surface area contributed by atoms with Crippen LogP contribution in [0.1, 0.15) is 26.2 Å². The number of carbonyl (C=O) groups is 1. The Hall–Kier alpha value is -0.780. The fourth-order valence-electron chi connectivity index (χ4n) is 1.94. The van der Waals surface area contributed by atoms with Gasteiger partial charge in [-0.3, -0.25) is 9.45 Å². The maximum Gasteiger partial charge on any atom is 0.281 e. The summed E-state index contributed by atoms with van der Waals surface area (Å²) in [5.41, 5.74) is 0. The lowest BCUT2D eigenvalue weighted by Crippen LogP contribution is -2.45. The second-order valence-electron chi connectivity index (χ2n) is 6.42. The lowest BCUT2D eigenvalue weighted by Gasteiger charge is -2.28. The number of rotatable bonds is 11. The Bertz CT molecular complexity index is 429. The summed E-state index contributed by atoms with van der Waals surface area (Å²) in [6, 6.07) is 0. The molecule has 0 amide bonds. The third-order valence-corrected chi connectivity index (χ3v) is 4.16. The highest BCUT2D eigenvalue weighted by atomic mass is 32.2. The first-order valence-corrected chi connectivity index (χ1v) is 9.31. The van der Waals surface area contributed by atoms with Gasteiger partial charge in [0.15, 0.2) is 0 Å². The van der Waals surface area contributed by atoms with Crippen LogP contribution in [0, 0.1) is 0 Å². The molecule has 0 saturated heterocycles. The molecule has 0 heterocycles. The van der Waals surface area contributed by atoms with E-state index < -0.39 is 21.5 Å². The highest BCUT2D eigenvalue weighted by Crippen LogP contribution is 2.14. The lowest BCUT2D eigenvalue weighted by atomic mass is 10.2. The third-order valence-electron chi connectivity index (χ3n) is 2.93. The second-order valence-corrected chi connectivity index (χ2v) is 7.99. The zero-order valence-electron chi connectivity index (χ0n) is 15.0. The summed E-state index contributed by atoms with van der Waals surface area (Å²) in [5.74, 6) is -1.00. The summed E-state index contributed by atoms with van der Waals surface area (Å²) in [6.45, 7) is 1.81. The minimum absolute atomic E-state index is 0.0694. The normalized spacial score (nSPS) is 13.3. The van der Waals surface area contributed by atoms with Crippen LogP contribution in [-0.4, -0.2) is 97.9 Å². The van der Waals surface area contributed by atoms with Gasteiger partial charge in [-0.15, -0.1) is 0 Å². The summed E-state index contributed by atoms with van der Waals surface area (Å²) in [7, 11) is 1.23. The number of aliphatic hydroxyl groups is 2. The van der Waals surface area contributed by atoms with Gasteiger partial charge in [-0.05, 0) is 6.42 Å². The monoisotopic (exact) mass is 372 g/mol. The van der Waals surface area contributed by atoms with E-state index in [1.165, 1.54) is 4.90 Å². The molecule has 24 heavy (non-hydrogen) atoms. The third kappa shape index (κ3) is 14.8. The highest BCUT2D eigenvalue weighted by Gasteiger charge is 2.28. The van der Waals surface area contributed by atoms with Crippen molar-refractivity contribution >= 4 is 16.1 Å². The van der Waals surface area contributed by atoms with E-state index in [-0.39, 0.29) is 32.8 Å². The van der Waals surface area contributed by atoms with Crippen LogP contribution in [-0.2, 0) is 14.9 Å². The van der Waals surface area contributed by atoms with E-state index in [4.69, 9.17) is 14.8 Å². The van der Waals surface area contributed by atoms with E-state index >= 15 is 0 Å². The second kappa shape index (κ2) is 12.6. The van der Waals surface area contributed by atoms with Crippen LogP contribution < -0.4 is 5.11 Å². The standard InChI is InChI=1S/C9H21NO5S.C5H11NO2/c1-2-3-4-9(16(13,14)15)10(5-7-11)6-8-12;1-6(2,3)4-5(7)8/h9,11-12H,2-8H2,1H3,(H,13,14,15);4H2,1-3H3. The van der Waals surface area contributed by atoms with Crippen LogP contribution in [0.15, 0.2) is 0 Å². The van der Waals surface area contributed by atoms with Crippen molar-refractivity contribution in [3.63, 3.8) is 0 Å². The molecular weight excluding hydrogens is 340 g/mol. The number of nitrogens with zero attached hydrogens (tertiary/aromatic N) is 2. The predicted molar refractivity (Wildman–Crippen MR) is 88.5 cm³/mol. The Kier molecular flexibility index (Phi) is 13.3. The van der Waals surface area contributed by atoms with Crippen LogP contribution in [0.25, 0.3) is 0 Å². The van der Waals surface area contributed by atoms with Crippen LogP contribution in [0.3, 0.4) is 0 Å². The van der Waals surface area contributed by atoms with E-state index in [1.54, 1.807) is 21.1 Å². The fraction of sp³-hybridized carbons (Fsp3) is 0.929. The molecule has 0 fully saturated rings. The Labute approximate surface area is 144 Å². The zero-order valence-corrected chi connectivity index (χ0v) is 15.8. The Balaban J connectivity index is 0. The van der Waals surface area contributed by atoms with Crippen molar-refractivity contribution in [1.29, 1.82) is 0 Å². The SMILES string of the molecule is CCCCC(N(CCO)CCO)S(=O)(=O)O.C[N+](C)(C)CC(=O)[O-]. The van der Waals surface area contributed by atoms with Gasteiger partial charge in [-0.1, -0.05) is 19.8 Å². The van der Waals surface area contributed by atoms with Crippen molar-refractivity contribution in [1.82, 2.24) is 4.90 Å². The number of aliphatic carboxylic acids is 1. The summed E-state index contributed by atoms with van der Waals surface area (Å²) in [6.07, 6.45) is 1.78. The molecule has 0 aliphatic carbocycles. The molecule has 10 heteroatoms. The predicted octanol–water partition coefficient (Wildman–Crippen LogP) is -1.88. The van der Waals surface area contributed by atoms with Gasteiger partial charge in [0.1, 0.15) is 11.9 Å². The van der Waals surface area contributed by atoms with Crippen molar-refractivity contribution in [2.45, 2.75) is 31.6 Å². The van der Waals surface area contributed by atoms with Crippen molar-refractivity contribution in [3.8, 4) is 0 Å². The molecule has 146 valence electrons. The first-order valence-electron chi connectivity index (χ1n) is 7.81. The number of hydrogen-bond donors (Lipinski definition) is 3. The summed E-state index contributed by atoms with van der Waals surface area (Å²) < 4.78 is 31.9. The van der Waals surface area contributed by atoms with Gasteiger partial charge < -0.3 is 24.6 Å². The molecule has 9 nitrogen and oxygen atoms in total. The number of carboxylic acids is 1. The molecule has 0 rings (SSSR count). The molecule has 0 spiro atoms. The largest absolute Gasteiger partial charge is 0.544 e. The number of likely N-dealkylation sites (N-methyl/N-ethyl adjacent to an activating group) is 1. The Morgan fingerprint density at radius 2 is 1.62 bits per heavy atom. The average molecular weight is 372 g/mol. The first-order chi connectivity index (χ1) is 10.9. The molecule has 1 unspecified atom stereocenters. The summed E-state index contributed by atoms with van der Waals surface area (Å²) in [4.78, 5) is 11.3. The van der Waals surface area contributed by atoms with E-state index in [0.29, 0.717) is 17.3 Å². The van der Waals surface area contributed by atoms with Crippen LogP contribution >= 0.6 is 0 Å². The topological polar surface area (TPSA) is 138 Å². The van der Waals surface area contributed by atoms with E-state index in [0.717, 1.165) is 6.42 Å². The lowest BCUT2D eigenvalue weighted by molar-refractivity contribution is -0.864. The maximum absolute atomic E-state index is 11.2. The molecule has 0 aromatic carbocycles. The molecule has 0 aromatic rings. The first kappa shape index (κ1) is 25.5. The Morgan fingerprint density at radius 1 is 1.17 bits per heavy atom. The molecule has 0 bridgehead atoms. The Morgan fingerprint density at radius 3 is 1.83 bits per heavy atom. The number of carbonyl (C=O) groups excluding carboxylic acids is 1. The number of carboxylic acid groups (broad SMARTS) is 1. The molecule has 0 aromatic heterocycles. The van der Waals surface area contributed by atoms with Gasteiger partial charge in [0.25, 0.3) is 10.1 Å². The van der Waals surface area contributed by atoms with Gasteiger partial charge in [-0.25, -0.2) is 0 Å². The number of quaternary nitrogens is 1. The number of hydrogen-bond acceptors (Lipinski definition) is 7. The fourth-order valence-corrected chi connectivity index (χ4v) is 2.99. The average Bonchev–Trinajstić information content (AvgIpc) is 2.35. The molecule has 3 N–H and O–H groups in total. The molecule has 0 saturated carbocycles. The van der Waals surface area contributed by atoms with Gasteiger partial charge in [0, 0.05) is 13.1 Å². The summed E-state index contributed by atoms with van der Waals surface area (Å²) >= 11 is 0. The van der Waals surface area contributed by atoms with Gasteiger partial charge in [0.05, 0.1) is 40.3 Å². The van der Waals surface area contributed by atoms with Crippen LogP contribution in [0.4, 0.5) is 0 Å². The van der Waals surface area contributed by atoms with E-state index in [1.807, 2.05) is 6.92 Å². The van der Waals surface area contributed by atoms with Crippen LogP contribution in [0.5, 0.6) is 0 Å². The van der Waals surface area contributed by atoms with Crippen molar-refractivity contribution in [2.24, 2.45) is 0 Å². The van der Waals surface area contributed by atoms with Crippen molar-refractivity contribution in [2.75, 3.05) is 54.0 Å². The smallest absolute Gasteiger partial charge is 0.281 e. The van der Waals surface area contributed by atoms with Crippen molar-refractivity contribution < 1.29 is 37.6 Å². The van der Waals surface area contributed by atoms with Gasteiger partial charge >= 0.3 is 0 Å². The zero-order chi connectivity index (χ0) is 19.4. The minimum atomic E-state index is -4.18. The van der Waals surface area contributed by atoms with Gasteiger partial charge in [-0.2, -0.15) is 8.42 Å². The quantitative estimate of drug-likeness (QED) is 0.283. The van der Waals surface area contributed by atoms with Gasteiger partial charge in [0.2, 0.25) is 0 Å². The van der Waals surface area contributed by atoms with Crippen LogP contribution in [0.2, 0.25) is 0 Å². The molecule has 1 atom stereocenters. The number of unbranched alkanes of at least 4 members (excludes halogenated alkanes) is 1. The molecule has 0 radical (unpaired) electrons. The summed E-state index contributed by atoms with van der Waals surface area (Å²) in [5, 5.41) is 26.5. The molecule has 0 aliphatic rings.